The van der Waals surface area contributed by atoms with Crippen LogP contribution in [-0.2, 0) is 16.0 Å². The maximum absolute atomic E-state index is 12.3. The molecule has 0 saturated carbocycles. The highest BCUT2D eigenvalue weighted by molar-refractivity contribution is 5.89. The highest BCUT2D eigenvalue weighted by atomic mass is 16.4. The number of hydrogen-bond donors (Lipinski definition) is 2. The molecule has 1 saturated heterocycles. The van der Waals surface area contributed by atoms with Gasteiger partial charge in [-0.25, -0.2) is 4.79 Å². The van der Waals surface area contributed by atoms with Crippen molar-refractivity contribution in [1.29, 1.82) is 0 Å². The lowest BCUT2D eigenvalue weighted by Gasteiger charge is -2.32. The molecule has 142 valence electrons. The molecule has 0 spiro atoms. The Labute approximate surface area is 154 Å². The molecule has 0 aliphatic carbocycles. The van der Waals surface area contributed by atoms with Crippen LogP contribution in [0, 0.1) is 5.92 Å². The van der Waals surface area contributed by atoms with Gasteiger partial charge in [-0.2, -0.15) is 0 Å². The number of benzene rings is 1. The lowest BCUT2D eigenvalue weighted by Crippen LogP contribution is -2.39. The number of piperidine rings is 1. The first-order valence-electron chi connectivity index (χ1n) is 9.37. The number of likely N-dealkylation sites (tertiary alicyclic amines) is 1. The summed E-state index contributed by atoms with van der Waals surface area (Å²) in [6, 6.07) is 7.12. The van der Waals surface area contributed by atoms with Crippen molar-refractivity contribution in [3.8, 4) is 0 Å². The fourth-order valence-corrected chi connectivity index (χ4v) is 3.34. The highest BCUT2D eigenvalue weighted by Crippen LogP contribution is 2.24. The van der Waals surface area contributed by atoms with Gasteiger partial charge in [0.1, 0.15) is 0 Å². The summed E-state index contributed by atoms with van der Waals surface area (Å²) in [5, 5.41) is 12.1. The second kappa shape index (κ2) is 9.94. The summed E-state index contributed by atoms with van der Waals surface area (Å²) in [7, 11) is 0. The van der Waals surface area contributed by atoms with Gasteiger partial charge in [0.25, 0.3) is 0 Å². The molecule has 0 bridgehead atoms. The van der Waals surface area contributed by atoms with Gasteiger partial charge in [-0.15, -0.1) is 0 Å². The second-order valence-electron chi connectivity index (χ2n) is 6.84. The Balaban J connectivity index is 1.77. The number of amides is 2. The Kier molecular flexibility index (Phi) is 7.63. The van der Waals surface area contributed by atoms with Gasteiger partial charge >= 0.3 is 5.97 Å². The minimum absolute atomic E-state index is 0.0287. The van der Waals surface area contributed by atoms with Gasteiger partial charge in [0.2, 0.25) is 11.8 Å². The van der Waals surface area contributed by atoms with Gasteiger partial charge in [-0.1, -0.05) is 25.1 Å². The predicted molar refractivity (Wildman–Crippen MR) is 98.9 cm³/mol. The molecule has 26 heavy (non-hydrogen) atoms. The van der Waals surface area contributed by atoms with E-state index in [9.17, 15) is 19.5 Å². The second-order valence-corrected chi connectivity index (χ2v) is 6.84. The summed E-state index contributed by atoms with van der Waals surface area (Å²) in [5.74, 6) is -0.552. The minimum Gasteiger partial charge on any atom is -0.478 e. The van der Waals surface area contributed by atoms with Crippen LogP contribution < -0.4 is 5.32 Å². The molecular formula is C20H28N2O4. The van der Waals surface area contributed by atoms with E-state index in [0.717, 1.165) is 31.2 Å². The summed E-state index contributed by atoms with van der Waals surface area (Å²) >= 11 is 0. The average Bonchev–Trinajstić information content (AvgIpc) is 2.65. The van der Waals surface area contributed by atoms with Crippen molar-refractivity contribution in [2.24, 2.45) is 5.92 Å². The molecule has 2 rings (SSSR count). The third-order valence-electron chi connectivity index (χ3n) is 4.86. The van der Waals surface area contributed by atoms with E-state index in [-0.39, 0.29) is 24.7 Å². The third kappa shape index (κ3) is 5.86. The number of hydrogen-bond acceptors (Lipinski definition) is 3. The first kappa shape index (κ1) is 19.9. The van der Waals surface area contributed by atoms with E-state index >= 15 is 0 Å². The van der Waals surface area contributed by atoms with Crippen LogP contribution in [0.3, 0.4) is 0 Å². The number of aromatic carboxylic acids is 1. The van der Waals surface area contributed by atoms with Gasteiger partial charge in [0, 0.05) is 32.5 Å². The lowest BCUT2D eigenvalue weighted by atomic mass is 9.88. The van der Waals surface area contributed by atoms with Crippen LogP contribution in [0.5, 0.6) is 0 Å². The van der Waals surface area contributed by atoms with Crippen LogP contribution in [0.1, 0.15) is 54.9 Å². The molecule has 2 amide bonds. The minimum atomic E-state index is -0.894. The summed E-state index contributed by atoms with van der Waals surface area (Å²) in [6.07, 6.45) is 3.83. The summed E-state index contributed by atoms with van der Waals surface area (Å²) < 4.78 is 0. The third-order valence-corrected chi connectivity index (χ3v) is 4.86. The van der Waals surface area contributed by atoms with Crippen molar-refractivity contribution < 1.29 is 19.5 Å². The Morgan fingerprint density at radius 2 is 1.85 bits per heavy atom. The Morgan fingerprint density at radius 3 is 2.50 bits per heavy atom. The fraction of sp³-hybridized carbons (Fsp3) is 0.550. The van der Waals surface area contributed by atoms with Crippen LogP contribution in [-0.4, -0.2) is 47.4 Å². The molecule has 1 fully saturated rings. The number of carbonyl (C=O) groups is 3. The Morgan fingerprint density at radius 1 is 1.15 bits per heavy atom. The topological polar surface area (TPSA) is 86.7 Å². The van der Waals surface area contributed by atoms with Gasteiger partial charge < -0.3 is 15.3 Å². The number of nitrogens with one attached hydrogen (secondary N) is 1. The monoisotopic (exact) mass is 360 g/mol. The zero-order valence-corrected chi connectivity index (χ0v) is 15.4. The van der Waals surface area contributed by atoms with Crippen LogP contribution >= 0.6 is 0 Å². The van der Waals surface area contributed by atoms with E-state index in [1.54, 1.807) is 12.1 Å². The number of rotatable bonds is 8. The maximum Gasteiger partial charge on any atom is 0.335 e. The molecule has 1 heterocycles. The van der Waals surface area contributed by atoms with E-state index in [4.69, 9.17) is 0 Å². The molecule has 1 aliphatic rings. The van der Waals surface area contributed by atoms with Crippen LogP contribution in [0.25, 0.3) is 0 Å². The molecule has 0 atom stereocenters. The molecule has 0 unspecified atom stereocenters. The molecule has 1 aromatic rings. The molecule has 0 radical (unpaired) electrons. The highest BCUT2D eigenvalue weighted by Gasteiger charge is 2.24. The Hall–Kier alpha value is -2.37. The molecule has 1 aliphatic heterocycles. The lowest BCUT2D eigenvalue weighted by molar-refractivity contribution is -0.134. The van der Waals surface area contributed by atoms with Gasteiger partial charge in [0.15, 0.2) is 0 Å². The zero-order chi connectivity index (χ0) is 18.9. The van der Waals surface area contributed by atoms with E-state index in [1.807, 2.05) is 24.0 Å². The van der Waals surface area contributed by atoms with E-state index in [1.165, 1.54) is 0 Å². The van der Waals surface area contributed by atoms with E-state index in [2.05, 4.69) is 5.32 Å². The van der Waals surface area contributed by atoms with Crippen LogP contribution in [0.15, 0.2) is 24.3 Å². The molecule has 6 nitrogen and oxygen atoms in total. The van der Waals surface area contributed by atoms with Crippen molar-refractivity contribution in [1.82, 2.24) is 10.2 Å². The number of carboxylic acids is 1. The molecule has 2 N–H and O–H groups in total. The Bertz CT molecular complexity index is 636. The van der Waals surface area contributed by atoms with Crippen molar-refractivity contribution in [3.05, 3.63) is 35.4 Å². The summed E-state index contributed by atoms with van der Waals surface area (Å²) in [6.45, 7) is 3.99. The summed E-state index contributed by atoms with van der Waals surface area (Å²) in [4.78, 5) is 37.0. The van der Waals surface area contributed by atoms with Crippen molar-refractivity contribution >= 4 is 17.8 Å². The van der Waals surface area contributed by atoms with Crippen LogP contribution in [0.4, 0.5) is 0 Å². The first-order valence-corrected chi connectivity index (χ1v) is 9.37. The standard InChI is InChI=1S/C20H28N2O4/c1-2-11-21-18(23)7-8-19(24)22-12-9-15(10-13-22)14-16-5-3-4-6-17(16)20(25)26/h3-6,15H,2,7-14H2,1H3,(H,21,23)(H,25,26). The van der Waals surface area contributed by atoms with E-state index < -0.39 is 5.97 Å². The smallest absolute Gasteiger partial charge is 0.335 e. The number of carboxylic acid groups (broad SMARTS) is 1. The first-order chi connectivity index (χ1) is 12.5. The predicted octanol–water partition coefficient (Wildman–Crippen LogP) is 2.47. The molecule has 1 aromatic carbocycles. The average molecular weight is 360 g/mol. The largest absolute Gasteiger partial charge is 0.478 e. The number of carbonyl (C=O) groups excluding carboxylic acids is 2. The molecule has 0 aromatic heterocycles. The van der Waals surface area contributed by atoms with Crippen molar-refractivity contribution in [3.63, 3.8) is 0 Å². The fourth-order valence-electron chi connectivity index (χ4n) is 3.34. The van der Waals surface area contributed by atoms with E-state index in [0.29, 0.717) is 31.1 Å². The van der Waals surface area contributed by atoms with Gasteiger partial charge in [0.05, 0.1) is 5.56 Å². The van der Waals surface area contributed by atoms with Crippen molar-refractivity contribution in [2.45, 2.75) is 45.4 Å². The van der Waals surface area contributed by atoms with Gasteiger partial charge in [-0.05, 0) is 43.2 Å². The SMILES string of the molecule is CCCNC(=O)CCC(=O)N1CCC(Cc2ccccc2C(=O)O)CC1. The van der Waals surface area contributed by atoms with Crippen LogP contribution in [0.2, 0.25) is 0 Å². The molecule has 6 heteroatoms. The maximum atomic E-state index is 12.3. The van der Waals surface area contributed by atoms with Gasteiger partial charge in [-0.3, -0.25) is 9.59 Å². The normalized spacial score (nSPS) is 14.9. The number of nitrogens with zero attached hydrogens (tertiary/aromatic N) is 1. The quantitative estimate of drug-likeness (QED) is 0.746. The molecular weight excluding hydrogens is 332 g/mol. The zero-order valence-electron chi connectivity index (χ0n) is 15.4. The summed E-state index contributed by atoms with van der Waals surface area (Å²) in [5.41, 5.74) is 1.22. The van der Waals surface area contributed by atoms with Crippen molar-refractivity contribution in [2.75, 3.05) is 19.6 Å².